The number of aromatic nitrogens is 1. The van der Waals surface area contributed by atoms with Gasteiger partial charge in [0.15, 0.2) is 4.80 Å². The smallest absolute Gasteiger partial charge is 0.338 e. The molecule has 0 spiro atoms. The summed E-state index contributed by atoms with van der Waals surface area (Å²) in [6, 6.07) is 10.8. The normalized spacial score (nSPS) is 11.6. The first kappa shape index (κ1) is 18.7. The molecule has 0 fully saturated rings. The van der Waals surface area contributed by atoms with Crippen LogP contribution in [0.15, 0.2) is 60.1 Å². The van der Waals surface area contributed by atoms with E-state index in [0.717, 1.165) is 10.2 Å². The molecule has 0 saturated heterocycles. The van der Waals surface area contributed by atoms with Gasteiger partial charge in [-0.1, -0.05) is 29.5 Å². The Bertz CT molecular complexity index is 1100. The summed E-state index contributed by atoms with van der Waals surface area (Å²) in [6.45, 7) is 6.18. The molecule has 0 atom stereocenters. The number of allylic oxidation sites excluding steroid dienone is 1. The molecule has 3 rings (SSSR count). The van der Waals surface area contributed by atoms with E-state index in [0.29, 0.717) is 16.9 Å². The van der Waals surface area contributed by atoms with E-state index in [4.69, 9.17) is 4.74 Å². The molecule has 0 aliphatic rings. The van der Waals surface area contributed by atoms with Gasteiger partial charge in [-0.2, -0.15) is 4.99 Å². The zero-order valence-electron chi connectivity index (χ0n) is 14.6. The zero-order valence-corrected chi connectivity index (χ0v) is 15.5. The van der Waals surface area contributed by atoms with Gasteiger partial charge in [0.05, 0.1) is 28.0 Å². The molecule has 0 aliphatic heterocycles. The summed E-state index contributed by atoms with van der Waals surface area (Å²) in [7, 11) is 0. The standard InChI is InChI=1S/C20H17FN2O3S/c1-3-11-23-16-10-9-13(19(25)26-4-2)12-17(16)27-20(23)22-18(24)14-7-5-6-8-15(14)21/h3,5-10,12H,1,4,11H2,2H3. The van der Waals surface area contributed by atoms with Crippen molar-refractivity contribution >= 4 is 33.4 Å². The highest BCUT2D eigenvalue weighted by Gasteiger charge is 2.14. The number of carbonyl (C=O) groups is 2. The maximum Gasteiger partial charge on any atom is 0.338 e. The molecule has 1 heterocycles. The van der Waals surface area contributed by atoms with Crippen LogP contribution in [0.5, 0.6) is 0 Å². The number of amides is 1. The Morgan fingerprint density at radius 1 is 1.30 bits per heavy atom. The number of hydrogen-bond acceptors (Lipinski definition) is 4. The first-order valence-corrected chi connectivity index (χ1v) is 9.11. The fourth-order valence-electron chi connectivity index (χ4n) is 2.59. The summed E-state index contributed by atoms with van der Waals surface area (Å²) in [4.78, 5) is 28.9. The largest absolute Gasteiger partial charge is 0.462 e. The Kier molecular flexibility index (Phi) is 5.61. The summed E-state index contributed by atoms with van der Waals surface area (Å²) >= 11 is 1.24. The Morgan fingerprint density at radius 3 is 2.78 bits per heavy atom. The molecule has 0 bridgehead atoms. The van der Waals surface area contributed by atoms with Gasteiger partial charge < -0.3 is 9.30 Å². The number of hydrogen-bond donors (Lipinski definition) is 0. The maximum absolute atomic E-state index is 13.9. The lowest BCUT2D eigenvalue weighted by molar-refractivity contribution is 0.0526. The molecule has 7 heteroatoms. The second kappa shape index (κ2) is 8.09. The van der Waals surface area contributed by atoms with Crippen LogP contribution in [0, 0.1) is 5.82 Å². The van der Waals surface area contributed by atoms with Gasteiger partial charge in [-0.05, 0) is 37.3 Å². The highest BCUT2D eigenvalue weighted by atomic mass is 32.1. The fourth-order valence-corrected chi connectivity index (χ4v) is 3.66. The van der Waals surface area contributed by atoms with Crippen LogP contribution < -0.4 is 4.80 Å². The van der Waals surface area contributed by atoms with Gasteiger partial charge in [-0.25, -0.2) is 9.18 Å². The van der Waals surface area contributed by atoms with Crippen molar-refractivity contribution in [1.82, 2.24) is 4.57 Å². The van der Waals surface area contributed by atoms with E-state index in [1.807, 2.05) is 0 Å². The average molecular weight is 384 g/mol. The predicted molar refractivity (Wildman–Crippen MR) is 102 cm³/mol. The van der Waals surface area contributed by atoms with Crippen molar-refractivity contribution in [2.75, 3.05) is 6.61 Å². The quantitative estimate of drug-likeness (QED) is 0.494. The number of halogens is 1. The molecule has 0 radical (unpaired) electrons. The SMILES string of the molecule is C=CCn1c(=NC(=O)c2ccccc2F)sc2cc(C(=O)OCC)ccc21. The van der Waals surface area contributed by atoms with E-state index >= 15 is 0 Å². The number of rotatable bonds is 5. The van der Waals surface area contributed by atoms with Crippen molar-refractivity contribution in [2.45, 2.75) is 13.5 Å². The molecular formula is C20H17FN2O3S. The van der Waals surface area contributed by atoms with Gasteiger partial charge in [0, 0.05) is 6.54 Å². The summed E-state index contributed by atoms with van der Waals surface area (Å²) in [6.07, 6.45) is 1.68. The number of benzene rings is 2. The summed E-state index contributed by atoms with van der Waals surface area (Å²) in [5.74, 6) is -1.70. The van der Waals surface area contributed by atoms with Crippen LogP contribution in [0.3, 0.4) is 0 Å². The van der Waals surface area contributed by atoms with Crippen LogP contribution >= 0.6 is 11.3 Å². The Labute approximate surface area is 159 Å². The Hall–Kier alpha value is -3.06. The molecule has 2 aromatic carbocycles. The zero-order chi connectivity index (χ0) is 19.4. The molecule has 0 aliphatic carbocycles. The van der Waals surface area contributed by atoms with Crippen LogP contribution in [0.2, 0.25) is 0 Å². The molecular weight excluding hydrogens is 367 g/mol. The minimum absolute atomic E-state index is 0.0904. The van der Waals surface area contributed by atoms with Crippen LogP contribution in [0.25, 0.3) is 10.2 Å². The number of nitrogens with zero attached hydrogens (tertiary/aromatic N) is 2. The van der Waals surface area contributed by atoms with Crippen molar-refractivity contribution in [2.24, 2.45) is 4.99 Å². The molecule has 0 unspecified atom stereocenters. The van der Waals surface area contributed by atoms with Crippen molar-refractivity contribution < 1.29 is 18.7 Å². The first-order valence-electron chi connectivity index (χ1n) is 8.30. The Morgan fingerprint density at radius 2 is 2.07 bits per heavy atom. The van der Waals surface area contributed by atoms with Crippen molar-refractivity contribution in [3.63, 3.8) is 0 Å². The van der Waals surface area contributed by atoms with Gasteiger partial charge >= 0.3 is 5.97 Å². The lowest BCUT2D eigenvalue weighted by Gasteiger charge is -2.03. The van der Waals surface area contributed by atoms with E-state index in [9.17, 15) is 14.0 Å². The van der Waals surface area contributed by atoms with Crippen molar-refractivity contribution in [3.05, 3.63) is 76.9 Å². The third-order valence-electron chi connectivity index (χ3n) is 3.81. The highest BCUT2D eigenvalue weighted by Crippen LogP contribution is 2.20. The average Bonchev–Trinajstić information content (AvgIpc) is 2.99. The third kappa shape index (κ3) is 3.88. The molecule has 0 saturated carbocycles. The number of fused-ring (bicyclic) bond motifs is 1. The van der Waals surface area contributed by atoms with Crippen LogP contribution in [-0.2, 0) is 11.3 Å². The van der Waals surface area contributed by atoms with Gasteiger partial charge in [0.1, 0.15) is 5.82 Å². The van der Waals surface area contributed by atoms with Crippen molar-refractivity contribution in [3.8, 4) is 0 Å². The van der Waals surface area contributed by atoms with E-state index in [2.05, 4.69) is 11.6 Å². The summed E-state index contributed by atoms with van der Waals surface area (Å²) in [5, 5.41) is 0. The Balaban J connectivity index is 2.12. The van der Waals surface area contributed by atoms with Crippen molar-refractivity contribution in [1.29, 1.82) is 0 Å². The lowest BCUT2D eigenvalue weighted by atomic mass is 10.2. The molecule has 1 aromatic heterocycles. The molecule has 1 amide bonds. The van der Waals surface area contributed by atoms with Crippen LogP contribution in [-0.4, -0.2) is 23.1 Å². The molecule has 3 aromatic rings. The maximum atomic E-state index is 13.9. The third-order valence-corrected chi connectivity index (χ3v) is 4.85. The topological polar surface area (TPSA) is 60.7 Å². The van der Waals surface area contributed by atoms with Gasteiger partial charge in [-0.15, -0.1) is 6.58 Å². The number of carbonyl (C=O) groups excluding carboxylic acids is 2. The monoisotopic (exact) mass is 384 g/mol. The summed E-state index contributed by atoms with van der Waals surface area (Å²) < 4.78 is 21.4. The predicted octanol–water partition coefficient (Wildman–Crippen LogP) is 3.95. The number of esters is 1. The van der Waals surface area contributed by atoms with E-state index in [-0.39, 0.29) is 12.2 Å². The van der Waals surface area contributed by atoms with Crippen LogP contribution in [0.1, 0.15) is 27.6 Å². The van der Waals surface area contributed by atoms with E-state index < -0.39 is 17.7 Å². The summed E-state index contributed by atoms with van der Waals surface area (Å²) in [5.41, 5.74) is 1.13. The molecule has 0 N–H and O–H groups in total. The number of ether oxygens (including phenoxy) is 1. The first-order chi connectivity index (χ1) is 13.0. The fraction of sp³-hybridized carbons (Fsp3) is 0.150. The molecule has 5 nitrogen and oxygen atoms in total. The highest BCUT2D eigenvalue weighted by molar-refractivity contribution is 7.16. The second-order valence-corrected chi connectivity index (χ2v) is 6.59. The second-order valence-electron chi connectivity index (χ2n) is 5.58. The van der Waals surface area contributed by atoms with Gasteiger partial charge in [-0.3, -0.25) is 4.79 Å². The van der Waals surface area contributed by atoms with Crippen LogP contribution in [0.4, 0.5) is 4.39 Å². The lowest BCUT2D eigenvalue weighted by Crippen LogP contribution is -2.16. The minimum Gasteiger partial charge on any atom is -0.462 e. The van der Waals surface area contributed by atoms with E-state index in [1.54, 1.807) is 41.8 Å². The number of thiazole rings is 1. The van der Waals surface area contributed by atoms with Gasteiger partial charge in [0.2, 0.25) is 0 Å². The molecule has 27 heavy (non-hydrogen) atoms. The van der Waals surface area contributed by atoms with Gasteiger partial charge in [0.25, 0.3) is 5.91 Å². The van der Waals surface area contributed by atoms with E-state index in [1.165, 1.54) is 29.5 Å². The molecule has 138 valence electrons. The minimum atomic E-state index is -0.664.